The molecular weight excluding hydrogens is 368 g/mol. The Hall–Kier alpha value is -3.55. The molecule has 8 heteroatoms. The minimum atomic E-state index is -0.539. The number of fused-ring (bicyclic) bond motifs is 3. The van der Waals surface area contributed by atoms with Crippen LogP contribution in [0.25, 0.3) is 11.4 Å². The van der Waals surface area contributed by atoms with Crippen molar-refractivity contribution in [3.05, 3.63) is 66.0 Å². The van der Waals surface area contributed by atoms with Gasteiger partial charge in [-0.1, -0.05) is 30.3 Å². The molecule has 0 spiro atoms. The second kappa shape index (κ2) is 6.80. The van der Waals surface area contributed by atoms with E-state index in [0.29, 0.717) is 24.4 Å². The van der Waals surface area contributed by atoms with E-state index in [0.717, 1.165) is 29.9 Å². The van der Waals surface area contributed by atoms with E-state index in [1.54, 1.807) is 12.3 Å². The SMILES string of the molecule is NC(=O)c1nc(-c2ccccc2)n2c1C[C@@H]1CC[C@H](C2)N1C(=O)c1ccncn1. The Bertz CT molecular complexity index is 1080. The maximum atomic E-state index is 13.2. The molecule has 1 aromatic carbocycles. The van der Waals surface area contributed by atoms with Gasteiger partial charge in [-0.05, 0) is 18.9 Å². The molecule has 3 aromatic rings. The Morgan fingerprint density at radius 1 is 1.07 bits per heavy atom. The first-order chi connectivity index (χ1) is 14.1. The van der Waals surface area contributed by atoms with Gasteiger partial charge in [-0.25, -0.2) is 15.0 Å². The molecule has 1 saturated heterocycles. The van der Waals surface area contributed by atoms with E-state index in [1.807, 2.05) is 35.2 Å². The largest absolute Gasteiger partial charge is 0.364 e. The van der Waals surface area contributed by atoms with Gasteiger partial charge in [-0.15, -0.1) is 0 Å². The number of primary amides is 1. The summed E-state index contributed by atoms with van der Waals surface area (Å²) in [6.07, 6.45) is 5.29. The maximum absolute atomic E-state index is 13.2. The molecule has 2 bridgehead atoms. The summed E-state index contributed by atoms with van der Waals surface area (Å²) in [7, 11) is 0. The number of aromatic nitrogens is 4. The summed E-state index contributed by atoms with van der Waals surface area (Å²) < 4.78 is 2.07. The highest BCUT2D eigenvalue weighted by Gasteiger charge is 2.42. The smallest absolute Gasteiger partial charge is 0.273 e. The Morgan fingerprint density at radius 3 is 2.59 bits per heavy atom. The minimum absolute atomic E-state index is 0.0119. The highest BCUT2D eigenvalue weighted by molar-refractivity contribution is 5.94. The predicted octanol–water partition coefficient (Wildman–Crippen LogP) is 1.67. The van der Waals surface area contributed by atoms with E-state index in [9.17, 15) is 9.59 Å². The van der Waals surface area contributed by atoms with Crippen molar-refractivity contribution < 1.29 is 9.59 Å². The molecule has 2 aromatic heterocycles. The molecule has 2 N–H and O–H groups in total. The van der Waals surface area contributed by atoms with Gasteiger partial charge in [0.25, 0.3) is 11.8 Å². The monoisotopic (exact) mass is 388 g/mol. The molecule has 0 saturated carbocycles. The van der Waals surface area contributed by atoms with Crippen LogP contribution >= 0.6 is 0 Å². The Balaban J connectivity index is 1.58. The van der Waals surface area contributed by atoms with E-state index in [-0.39, 0.29) is 18.0 Å². The highest BCUT2D eigenvalue weighted by Crippen LogP contribution is 2.36. The van der Waals surface area contributed by atoms with E-state index < -0.39 is 5.91 Å². The van der Waals surface area contributed by atoms with Gasteiger partial charge in [0, 0.05) is 30.8 Å². The van der Waals surface area contributed by atoms with Crippen molar-refractivity contribution in [1.29, 1.82) is 0 Å². The van der Waals surface area contributed by atoms with Crippen LogP contribution in [0.4, 0.5) is 0 Å². The number of benzene rings is 1. The highest BCUT2D eigenvalue weighted by atomic mass is 16.2. The molecule has 2 aliphatic heterocycles. The number of imidazole rings is 1. The molecule has 29 heavy (non-hydrogen) atoms. The first kappa shape index (κ1) is 17.5. The lowest BCUT2D eigenvalue weighted by Crippen LogP contribution is -2.42. The van der Waals surface area contributed by atoms with Gasteiger partial charge >= 0.3 is 0 Å². The first-order valence-corrected chi connectivity index (χ1v) is 9.67. The van der Waals surface area contributed by atoms with Crippen LogP contribution in [0, 0.1) is 0 Å². The zero-order valence-electron chi connectivity index (χ0n) is 15.7. The molecule has 1 fully saturated rings. The second-order valence-electron chi connectivity index (χ2n) is 7.47. The number of amides is 2. The van der Waals surface area contributed by atoms with Crippen molar-refractivity contribution in [3.63, 3.8) is 0 Å². The van der Waals surface area contributed by atoms with E-state index in [2.05, 4.69) is 19.5 Å². The van der Waals surface area contributed by atoms with Crippen LogP contribution in [0.2, 0.25) is 0 Å². The topological polar surface area (TPSA) is 107 Å². The summed E-state index contributed by atoms with van der Waals surface area (Å²) in [5.41, 5.74) is 8.07. The number of hydrogen-bond donors (Lipinski definition) is 1. The lowest BCUT2D eigenvalue weighted by Gasteiger charge is -2.27. The zero-order chi connectivity index (χ0) is 20.0. The first-order valence-electron chi connectivity index (χ1n) is 9.67. The third-order valence-corrected chi connectivity index (χ3v) is 5.82. The number of carbonyl (C=O) groups is 2. The summed E-state index contributed by atoms with van der Waals surface area (Å²) in [6, 6.07) is 11.4. The Morgan fingerprint density at radius 2 is 1.86 bits per heavy atom. The molecule has 4 heterocycles. The van der Waals surface area contributed by atoms with Crippen LogP contribution < -0.4 is 5.73 Å². The van der Waals surface area contributed by atoms with Crippen molar-refractivity contribution >= 4 is 11.8 Å². The molecule has 2 aliphatic rings. The zero-order valence-corrected chi connectivity index (χ0v) is 15.7. The molecule has 146 valence electrons. The van der Waals surface area contributed by atoms with Crippen molar-refractivity contribution in [2.75, 3.05) is 0 Å². The fourth-order valence-corrected chi connectivity index (χ4v) is 4.55. The molecule has 0 unspecified atom stereocenters. The van der Waals surface area contributed by atoms with Gasteiger partial charge in [-0.2, -0.15) is 0 Å². The standard InChI is InChI=1S/C21H20N6O2/c22-19(28)18-17-10-14-6-7-15(27(14)21(29)16-8-9-23-12-24-16)11-26(17)20(25-18)13-4-2-1-3-5-13/h1-5,8-9,12,14-15H,6-7,10-11H2,(H2,22,28)/t14-,15+/m0/s1. The van der Waals surface area contributed by atoms with E-state index in [1.165, 1.54) is 6.33 Å². The average molecular weight is 388 g/mol. The summed E-state index contributed by atoms with van der Waals surface area (Å²) in [6.45, 7) is 0.577. The fraction of sp³-hybridized carbons (Fsp3) is 0.286. The number of hydrogen-bond acceptors (Lipinski definition) is 5. The van der Waals surface area contributed by atoms with Crippen LogP contribution in [0.3, 0.4) is 0 Å². The Labute approximate surface area is 167 Å². The minimum Gasteiger partial charge on any atom is -0.364 e. The molecule has 5 rings (SSSR count). The van der Waals surface area contributed by atoms with Crippen molar-refractivity contribution in [1.82, 2.24) is 24.4 Å². The molecule has 8 nitrogen and oxygen atoms in total. The van der Waals surface area contributed by atoms with E-state index in [4.69, 9.17) is 5.73 Å². The number of carbonyl (C=O) groups excluding carboxylic acids is 2. The molecule has 0 radical (unpaired) electrons. The summed E-state index contributed by atoms with van der Waals surface area (Å²) in [5, 5.41) is 0. The summed E-state index contributed by atoms with van der Waals surface area (Å²) in [4.78, 5) is 39.9. The quantitative estimate of drug-likeness (QED) is 0.734. The van der Waals surface area contributed by atoms with Crippen LogP contribution in [-0.2, 0) is 13.0 Å². The number of nitrogens with zero attached hydrogens (tertiary/aromatic N) is 5. The predicted molar refractivity (Wildman–Crippen MR) is 105 cm³/mol. The molecular formula is C21H20N6O2. The molecule has 2 amide bonds. The lowest BCUT2D eigenvalue weighted by molar-refractivity contribution is 0.0659. The van der Waals surface area contributed by atoms with Gasteiger partial charge in [0.2, 0.25) is 0 Å². The van der Waals surface area contributed by atoms with Gasteiger partial charge < -0.3 is 15.2 Å². The fourth-order valence-electron chi connectivity index (χ4n) is 4.55. The third kappa shape index (κ3) is 2.88. The number of rotatable bonds is 3. The third-order valence-electron chi connectivity index (χ3n) is 5.82. The second-order valence-corrected chi connectivity index (χ2v) is 7.47. The van der Waals surface area contributed by atoms with Crippen LogP contribution in [0.1, 0.15) is 39.5 Å². The molecule has 2 atom stereocenters. The number of nitrogens with two attached hydrogens (primary N) is 1. The van der Waals surface area contributed by atoms with Gasteiger partial charge in [-0.3, -0.25) is 9.59 Å². The van der Waals surface area contributed by atoms with Gasteiger partial charge in [0.05, 0.1) is 11.7 Å². The van der Waals surface area contributed by atoms with Crippen LogP contribution in [0.5, 0.6) is 0 Å². The van der Waals surface area contributed by atoms with Crippen molar-refractivity contribution in [3.8, 4) is 11.4 Å². The van der Waals surface area contributed by atoms with Crippen molar-refractivity contribution in [2.24, 2.45) is 5.73 Å². The van der Waals surface area contributed by atoms with Crippen molar-refractivity contribution in [2.45, 2.75) is 37.9 Å². The summed E-state index contributed by atoms with van der Waals surface area (Å²) >= 11 is 0. The normalized spacial score (nSPS) is 20.2. The average Bonchev–Trinajstić information content (AvgIpc) is 3.25. The summed E-state index contributed by atoms with van der Waals surface area (Å²) in [5.74, 6) is 0.0827. The lowest BCUT2D eigenvalue weighted by atomic mass is 10.1. The molecule has 0 aliphatic carbocycles. The van der Waals surface area contributed by atoms with Gasteiger partial charge in [0.15, 0.2) is 0 Å². The van der Waals surface area contributed by atoms with E-state index >= 15 is 0 Å². The van der Waals surface area contributed by atoms with Gasteiger partial charge in [0.1, 0.15) is 23.5 Å². The Kier molecular flexibility index (Phi) is 4.12. The maximum Gasteiger partial charge on any atom is 0.273 e. The van der Waals surface area contributed by atoms with Crippen LogP contribution in [-0.4, -0.2) is 48.3 Å². The van der Waals surface area contributed by atoms with Crippen LogP contribution in [0.15, 0.2) is 48.9 Å².